The Kier molecular flexibility index (Phi) is 5.05. The molecule has 0 N–H and O–H groups in total. The van der Waals surface area contributed by atoms with E-state index in [0.29, 0.717) is 17.2 Å². The minimum Gasteiger partial charge on any atom is -0.492 e. The molecule has 3 aromatic rings. The number of amides is 1. The van der Waals surface area contributed by atoms with Crippen LogP contribution in [0.25, 0.3) is 5.78 Å². The van der Waals surface area contributed by atoms with E-state index in [-0.39, 0.29) is 22.9 Å². The van der Waals surface area contributed by atoms with Gasteiger partial charge in [-0.25, -0.2) is 22.7 Å². The maximum absolute atomic E-state index is 14.6. The highest BCUT2D eigenvalue weighted by atomic mass is 35.5. The molecule has 0 spiro atoms. The van der Waals surface area contributed by atoms with Crippen LogP contribution in [0.4, 0.5) is 13.2 Å². The molecule has 30 heavy (non-hydrogen) atoms. The number of carbonyl (C=O) groups is 1. The van der Waals surface area contributed by atoms with Crippen LogP contribution in [-0.2, 0) is 0 Å². The summed E-state index contributed by atoms with van der Waals surface area (Å²) in [4.78, 5) is 22.2. The average molecular weight is 440 g/mol. The number of aromatic nitrogens is 4. The Morgan fingerprint density at radius 3 is 2.80 bits per heavy atom. The fourth-order valence-corrected chi connectivity index (χ4v) is 4.05. The van der Waals surface area contributed by atoms with E-state index in [4.69, 9.17) is 16.3 Å². The first kappa shape index (κ1) is 20.4. The molecule has 1 atom stereocenters. The zero-order valence-electron chi connectivity index (χ0n) is 16.1. The number of hydrogen-bond acceptors (Lipinski definition) is 5. The van der Waals surface area contributed by atoms with Gasteiger partial charge in [0, 0.05) is 30.1 Å². The molecule has 4 rings (SSSR count). The first-order valence-corrected chi connectivity index (χ1v) is 9.44. The molecule has 1 aliphatic rings. The van der Waals surface area contributed by atoms with Crippen LogP contribution in [0.15, 0.2) is 24.5 Å². The molecule has 0 unspecified atom stereocenters. The van der Waals surface area contributed by atoms with Crippen LogP contribution >= 0.6 is 11.6 Å². The molecule has 3 heterocycles. The summed E-state index contributed by atoms with van der Waals surface area (Å²) in [6.07, 6.45) is 0.824. The van der Waals surface area contributed by atoms with Crippen LogP contribution in [0.5, 0.6) is 5.75 Å². The zero-order chi connectivity index (χ0) is 21.6. The second-order valence-corrected chi connectivity index (χ2v) is 7.62. The van der Waals surface area contributed by atoms with E-state index in [2.05, 4.69) is 15.1 Å². The number of piperidine rings is 1. The van der Waals surface area contributed by atoms with Gasteiger partial charge in [0.1, 0.15) is 6.33 Å². The summed E-state index contributed by atoms with van der Waals surface area (Å²) in [6, 6.07) is 3.79. The lowest BCUT2D eigenvalue weighted by molar-refractivity contribution is -0.0641. The van der Waals surface area contributed by atoms with Crippen molar-refractivity contribution in [1.82, 2.24) is 24.5 Å². The van der Waals surface area contributed by atoms with Gasteiger partial charge in [-0.3, -0.25) is 4.79 Å². The Labute approximate surface area is 174 Å². The van der Waals surface area contributed by atoms with Crippen molar-refractivity contribution < 1.29 is 22.7 Å². The number of halogens is 4. The number of rotatable bonds is 3. The molecule has 158 valence electrons. The van der Waals surface area contributed by atoms with Gasteiger partial charge in [-0.05, 0) is 25.1 Å². The van der Waals surface area contributed by atoms with E-state index in [1.54, 1.807) is 13.0 Å². The smallest absolute Gasteiger partial charge is 0.266 e. The molecular formula is C19H17ClF3N5O2. The molecule has 0 radical (unpaired) electrons. The van der Waals surface area contributed by atoms with Gasteiger partial charge in [0.2, 0.25) is 0 Å². The van der Waals surface area contributed by atoms with Crippen molar-refractivity contribution in [2.24, 2.45) is 0 Å². The highest BCUT2D eigenvalue weighted by Crippen LogP contribution is 2.37. The first-order valence-electron chi connectivity index (χ1n) is 9.06. The number of methoxy groups -OCH3 is 1. The van der Waals surface area contributed by atoms with E-state index in [9.17, 15) is 18.0 Å². The second kappa shape index (κ2) is 7.42. The summed E-state index contributed by atoms with van der Waals surface area (Å²) in [6.45, 7) is 0.945. The SMILES string of the molecule is COc1c(F)cc(C(=O)N2C[C@@H](c3cc(C)nc4ncnn34)CC(F)(F)C2)cc1Cl. The van der Waals surface area contributed by atoms with Crippen molar-refractivity contribution >= 4 is 23.3 Å². The van der Waals surface area contributed by atoms with Crippen LogP contribution in [0.3, 0.4) is 0 Å². The van der Waals surface area contributed by atoms with Gasteiger partial charge >= 0.3 is 0 Å². The first-order chi connectivity index (χ1) is 14.2. The average Bonchev–Trinajstić information content (AvgIpc) is 3.13. The minimum absolute atomic E-state index is 0.00188. The summed E-state index contributed by atoms with van der Waals surface area (Å²) >= 11 is 5.96. The zero-order valence-corrected chi connectivity index (χ0v) is 16.8. The molecular weight excluding hydrogens is 423 g/mol. The third-order valence-electron chi connectivity index (χ3n) is 4.97. The summed E-state index contributed by atoms with van der Waals surface area (Å²) in [5, 5.41) is 3.95. The molecule has 1 amide bonds. The number of hydrogen-bond donors (Lipinski definition) is 0. The lowest BCUT2D eigenvalue weighted by Gasteiger charge is -2.37. The largest absolute Gasteiger partial charge is 0.492 e. The molecule has 11 heteroatoms. The predicted octanol–water partition coefficient (Wildman–Crippen LogP) is 3.50. The van der Waals surface area contributed by atoms with E-state index < -0.39 is 36.5 Å². The number of ether oxygens (including phenoxy) is 1. The van der Waals surface area contributed by atoms with Crippen molar-refractivity contribution in [3.05, 3.63) is 52.3 Å². The van der Waals surface area contributed by atoms with Crippen molar-refractivity contribution in [2.45, 2.75) is 25.2 Å². The fraction of sp³-hybridized carbons (Fsp3) is 0.368. The minimum atomic E-state index is -3.14. The number of aryl methyl sites for hydroxylation is 1. The maximum atomic E-state index is 14.6. The van der Waals surface area contributed by atoms with Crippen molar-refractivity contribution in [2.75, 3.05) is 20.2 Å². The topological polar surface area (TPSA) is 72.6 Å². The molecule has 1 aliphatic heterocycles. The third-order valence-corrected chi connectivity index (χ3v) is 5.25. The van der Waals surface area contributed by atoms with Crippen LogP contribution in [-0.4, -0.2) is 56.5 Å². The molecule has 0 saturated carbocycles. The molecule has 1 saturated heterocycles. The highest BCUT2D eigenvalue weighted by molar-refractivity contribution is 6.32. The lowest BCUT2D eigenvalue weighted by Crippen LogP contribution is -2.49. The highest BCUT2D eigenvalue weighted by Gasteiger charge is 2.43. The molecule has 1 fully saturated rings. The Morgan fingerprint density at radius 2 is 2.10 bits per heavy atom. The van der Waals surface area contributed by atoms with Crippen LogP contribution in [0.2, 0.25) is 5.02 Å². The molecule has 1 aromatic carbocycles. The third kappa shape index (κ3) is 3.67. The molecule has 0 aliphatic carbocycles. The lowest BCUT2D eigenvalue weighted by atomic mass is 9.91. The Hall–Kier alpha value is -2.88. The number of likely N-dealkylation sites (tertiary alicyclic amines) is 1. The number of benzene rings is 1. The van der Waals surface area contributed by atoms with Gasteiger partial charge in [0.15, 0.2) is 11.6 Å². The number of fused-ring (bicyclic) bond motifs is 1. The normalized spacial score (nSPS) is 18.6. The second-order valence-electron chi connectivity index (χ2n) is 7.21. The van der Waals surface area contributed by atoms with Crippen LogP contribution < -0.4 is 4.74 Å². The molecule has 0 bridgehead atoms. The van der Waals surface area contributed by atoms with E-state index in [1.807, 2.05) is 0 Å². The standard InChI is InChI=1S/C19H17ClF3N5O2/c1-10-3-15(28-18(26-10)24-9-25-28)12-6-19(22,23)8-27(7-12)17(29)11-4-13(20)16(30-2)14(21)5-11/h3-5,9,12H,6-8H2,1-2H3/t12-/m0/s1. The fourth-order valence-electron chi connectivity index (χ4n) is 3.76. The maximum Gasteiger partial charge on any atom is 0.266 e. The van der Waals surface area contributed by atoms with E-state index in [1.165, 1.54) is 24.0 Å². The summed E-state index contributed by atoms with van der Waals surface area (Å²) < 4.78 is 49.6. The van der Waals surface area contributed by atoms with E-state index >= 15 is 0 Å². The van der Waals surface area contributed by atoms with Crippen molar-refractivity contribution in [3.8, 4) is 5.75 Å². The Morgan fingerprint density at radius 1 is 1.33 bits per heavy atom. The summed E-state index contributed by atoms with van der Waals surface area (Å²) in [5.41, 5.74) is 0.943. The van der Waals surface area contributed by atoms with Gasteiger partial charge in [-0.1, -0.05) is 11.6 Å². The number of carbonyl (C=O) groups excluding carboxylic acids is 1. The number of alkyl halides is 2. The number of nitrogens with zero attached hydrogens (tertiary/aromatic N) is 5. The van der Waals surface area contributed by atoms with Gasteiger partial charge in [0.05, 0.1) is 24.4 Å². The summed E-state index contributed by atoms with van der Waals surface area (Å²) in [7, 11) is 1.24. The van der Waals surface area contributed by atoms with Crippen LogP contribution in [0, 0.1) is 12.7 Å². The van der Waals surface area contributed by atoms with Gasteiger partial charge in [-0.15, -0.1) is 0 Å². The summed E-state index contributed by atoms with van der Waals surface area (Å²) in [5.74, 6) is -5.37. The van der Waals surface area contributed by atoms with Crippen LogP contribution in [0.1, 0.15) is 34.1 Å². The predicted molar refractivity (Wildman–Crippen MR) is 102 cm³/mol. The van der Waals surface area contributed by atoms with Gasteiger partial charge in [-0.2, -0.15) is 10.1 Å². The molecule has 2 aromatic heterocycles. The van der Waals surface area contributed by atoms with Crippen molar-refractivity contribution in [1.29, 1.82) is 0 Å². The monoisotopic (exact) mass is 439 g/mol. The molecule has 7 nitrogen and oxygen atoms in total. The Balaban J connectivity index is 1.70. The van der Waals surface area contributed by atoms with Crippen molar-refractivity contribution in [3.63, 3.8) is 0 Å². The van der Waals surface area contributed by atoms with Gasteiger partial charge in [0.25, 0.3) is 17.6 Å². The van der Waals surface area contributed by atoms with E-state index in [0.717, 1.165) is 11.0 Å². The van der Waals surface area contributed by atoms with Gasteiger partial charge < -0.3 is 9.64 Å². The quantitative estimate of drug-likeness (QED) is 0.624. The Bertz CT molecular complexity index is 1110.